The Morgan fingerprint density at radius 1 is 1.03 bits per heavy atom. The Bertz CT molecular complexity index is 893. The van der Waals surface area contributed by atoms with Crippen molar-refractivity contribution in [3.8, 4) is 0 Å². The van der Waals surface area contributed by atoms with Gasteiger partial charge in [0.1, 0.15) is 12.1 Å². The van der Waals surface area contributed by atoms with Crippen LogP contribution in [0.15, 0.2) is 30.3 Å². The Hall–Kier alpha value is -2.08. The van der Waals surface area contributed by atoms with Gasteiger partial charge in [-0.2, -0.15) is 0 Å². The lowest BCUT2D eigenvalue weighted by molar-refractivity contribution is -0.155. The number of benzene rings is 1. The molecule has 3 aliphatic rings. The van der Waals surface area contributed by atoms with Gasteiger partial charge in [0.2, 0.25) is 0 Å². The topological polar surface area (TPSA) is 53.1 Å². The van der Waals surface area contributed by atoms with E-state index in [9.17, 15) is 9.59 Å². The second kappa shape index (κ2) is 8.85. The number of hydrogen-bond donors (Lipinski definition) is 0. The van der Waals surface area contributed by atoms with Crippen molar-refractivity contribution in [2.45, 2.75) is 89.3 Å². The third-order valence-corrected chi connectivity index (χ3v) is 8.57. The van der Waals surface area contributed by atoms with Crippen molar-refractivity contribution in [3.63, 3.8) is 0 Å². The molecular formula is C28H43N3O3. The molecule has 1 saturated heterocycles. The average molecular weight is 470 g/mol. The van der Waals surface area contributed by atoms with Crippen LogP contribution in [-0.2, 0) is 15.1 Å². The van der Waals surface area contributed by atoms with E-state index >= 15 is 0 Å². The van der Waals surface area contributed by atoms with Gasteiger partial charge in [0.05, 0.1) is 5.54 Å². The number of urea groups is 1. The molecule has 6 heteroatoms. The standard InChI is InChI=1S/C28H43N3O3/c1-25(2,3)34-23(32)19-30-21-27(31(24(30)33)20-26(4)13-10-14-26)15-17-28(18-16-27,29(5)6)22-11-8-7-9-12-22/h7-9,11-12H,10,13-21H2,1-6H3/t27-,28+. The van der Waals surface area contributed by atoms with Crippen LogP contribution in [0.3, 0.4) is 0 Å². The molecule has 4 rings (SSSR count). The van der Waals surface area contributed by atoms with Gasteiger partial charge < -0.3 is 14.5 Å². The molecule has 6 nitrogen and oxygen atoms in total. The predicted octanol–water partition coefficient (Wildman–Crippen LogP) is 5.03. The summed E-state index contributed by atoms with van der Waals surface area (Å²) in [5, 5.41) is 0. The van der Waals surface area contributed by atoms with Crippen LogP contribution in [0.5, 0.6) is 0 Å². The number of carbonyl (C=O) groups excluding carboxylic acids is 2. The summed E-state index contributed by atoms with van der Waals surface area (Å²) in [6.45, 7) is 9.35. The van der Waals surface area contributed by atoms with Crippen LogP contribution in [0.25, 0.3) is 0 Å². The fraction of sp³-hybridized carbons (Fsp3) is 0.714. The second-order valence-electron chi connectivity index (χ2n) is 12.5. The molecule has 188 valence electrons. The van der Waals surface area contributed by atoms with Crippen molar-refractivity contribution in [2.24, 2.45) is 5.41 Å². The molecule has 1 heterocycles. The molecule has 1 spiro atoms. The van der Waals surface area contributed by atoms with Crippen molar-refractivity contribution in [1.29, 1.82) is 0 Å². The largest absolute Gasteiger partial charge is 0.459 e. The van der Waals surface area contributed by atoms with E-state index in [1.165, 1.54) is 24.8 Å². The van der Waals surface area contributed by atoms with Crippen LogP contribution < -0.4 is 0 Å². The Morgan fingerprint density at radius 3 is 2.15 bits per heavy atom. The number of carbonyl (C=O) groups is 2. The van der Waals surface area contributed by atoms with E-state index in [1.54, 1.807) is 4.90 Å². The molecule has 34 heavy (non-hydrogen) atoms. The molecule has 1 aliphatic heterocycles. The maximum atomic E-state index is 13.7. The van der Waals surface area contributed by atoms with Crippen LogP contribution in [0, 0.1) is 5.41 Å². The zero-order chi connectivity index (χ0) is 24.8. The molecule has 2 aliphatic carbocycles. The van der Waals surface area contributed by atoms with Gasteiger partial charge >= 0.3 is 12.0 Å². The first-order chi connectivity index (χ1) is 15.9. The summed E-state index contributed by atoms with van der Waals surface area (Å²) >= 11 is 0. The third-order valence-electron chi connectivity index (χ3n) is 8.57. The highest BCUT2D eigenvalue weighted by Gasteiger charge is 2.56. The van der Waals surface area contributed by atoms with E-state index < -0.39 is 5.60 Å². The summed E-state index contributed by atoms with van der Waals surface area (Å²) in [5.74, 6) is -0.324. The zero-order valence-corrected chi connectivity index (χ0v) is 22.0. The number of esters is 1. The lowest BCUT2D eigenvalue weighted by Crippen LogP contribution is -2.57. The van der Waals surface area contributed by atoms with Gasteiger partial charge in [-0.05, 0) is 84.4 Å². The normalized spacial score (nSPS) is 29.0. The minimum Gasteiger partial charge on any atom is -0.459 e. The highest BCUT2D eigenvalue weighted by molar-refractivity contribution is 5.83. The summed E-state index contributed by atoms with van der Waals surface area (Å²) in [5.41, 5.74) is 0.747. The van der Waals surface area contributed by atoms with E-state index in [0.29, 0.717) is 6.54 Å². The number of nitrogens with zero attached hydrogens (tertiary/aromatic N) is 3. The molecule has 1 aromatic rings. The molecule has 1 aromatic carbocycles. The monoisotopic (exact) mass is 469 g/mol. The summed E-state index contributed by atoms with van der Waals surface area (Å²) in [4.78, 5) is 32.6. The maximum absolute atomic E-state index is 13.7. The molecular weight excluding hydrogens is 426 g/mol. The number of amides is 2. The third kappa shape index (κ3) is 4.71. The minimum atomic E-state index is -0.553. The van der Waals surface area contributed by atoms with Gasteiger partial charge in [-0.25, -0.2) is 4.79 Å². The van der Waals surface area contributed by atoms with Crippen LogP contribution in [-0.4, -0.2) is 71.6 Å². The van der Waals surface area contributed by atoms with E-state index in [2.05, 4.69) is 61.2 Å². The highest BCUT2D eigenvalue weighted by Crippen LogP contribution is 2.51. The lowest BCUT2D eigenvalue weighted by atomic mass is 9.66. The first kappa shape index (κ1) is 25.0. The zero-order valence-electron chi connectivity index (χ0n) is 22.0. The Balaban J connectivity index is 1.58. The Kier molecular flexibility index (Phi) is 6.52. The molecule has 0 N–H and O–H groups in total. The van der Waals surface area contributed by atoms with E-state index in [1.807, 2.05) is 20.8 Å². The second-order valence-corrected chi connectivity index (χ2v) is 12.5. The Morgan fingerprint density at radius 2 is 1.65 bits per heavy atom. The minimum absolute atomic E-state index is 0.0102. The summed E-state index contributed by atoms with van der Waals surface area (Å²) in [6.07, 6.45) is 7.44. The summed E-state index contributed by atoms with van der Waals surface area (Å²) < 4.78 is 5.56. The molecule has 0 atom stereocenters. The smallest absolute Gasteiger partial charge is 0.326 e. The predicted molar refractivity (Wildman–Crippen MR) is 134 cm³/mol. The van der Waals surface area contributed by atoms with E-state index in [4.69, 9.17) is 4.74 Å². The molecule has 3 fully saturated rings. The fourth-order valence-corrected chi connectivity index (χ4v) is 6.39. The lowest BCUT2D eigenvalue weighted by Gasteiger charge is -2.53. The molecule has 2 saturated carbocycles. The first-order valence-corrected chi connectivity index (χ1v) is 12.9. The van der Waals surface area contributed by atoms with Gasteiger partial charge in [0, 0.05) is 18.6 Å². The van der Waals surface area contributed by atoms with Gasteiger partial charge in [-0.1, -0.05) is 43.7 Å². The van der Waals surface area contributed by atoms with Gasteiger partial charge in [0.15, 0.2) is 0 Å². The number of ether oxygens (including phenoxy) is 1. The van der Waals surface area contributed by atoms with Crippen molar-refractivity contribution < 1.29 is 14.3 Å². The van der Waals surface area contributed by atoms with Crippen molar-refractivity contribution in [3.05, 3.63) is 35.9 Å². The fourth-order valence-electron chi connectivity index (χ4n) is 6.39. The maximum Gasteiger partial charge on any atom is 0.326 e. The SMILES string of the molecule is CN(C)[C@]1(c2ccccc2)CC[C@]2(CC1)CN(CC(=O)OC(C)(C)C)C(=O)N2CC1(C)CCC1. The van der Waals surface area contributed by atoms with Crippen molar-refractivity contribution >= 4 is 12.0 Å². The Labute approximate surface area is 205 Å². The molecule has 2 amide bonds. The first-order valence-electron chi connectivity index (χ1n) is 12.9. The highest BCUT2D eigenvalue weighted by atomic mass is 16.6. The molecule has 0 unspecified atom stereocenters. The van der Waals surface area contributed by atoms with Gasteiger partial charge in [-0.3, -0.25) is 9.69 Å². The quantitative estimate of drug-likeness (QED) is 0.549. The van der Waals surface area contributed by atoms with E-state index in [0.717, 1.165) is 32.2 Å². The van der Waals surface area contributed by atoms with Crippen LogP contribution in [0.2, 0.25) is 0 Å². The molecule has 0 radical (unpaired) electrons. The summed E-state index contributed by atoms with van der Waals surface area (Å²) in [7, 11) is 4.35. The number of hydrogen-bond acceptors (Lipinski definition) is 4. The van der Waals surface area contributed by atoms with Gasteiger partial charge in [-0.15, -0.1) is 0 Å². The molecule has 0 aromatic heterocycles. The van der Waals surface area contributed by atoms with Gasteiger partial charge in [0.25, 0.3) is 0 Å². The number of rotatable bonds is 6. The van der Waals surface area contributed by atoms with Crippen molar-refractivity contribution in [2.75, 3.05) is 33.7 Å². The van der Waals surface area contributed by atoms with Crippen LogP contribution >= 0.6 is 0 Å². The summed E-state index contributed by atoms with van der Waals surface area (Å²) in [6, 6.07) is 10.8. The van der Waals surface area contributed by atoms with Crippen LogP contribution in [0.1, 0.15) is 78.2 Å². The van der Waals surface area contributed by atoms with Crippen LogP contribution in [0.4, 0.5) is 4.79 Å². The van der Waals surface area contributed by atoms with Crippen molar-refractivity contribution in [1.82, 2.24) is 14.7 Å². The van der Waals surface area contributed by atoms with E-state index in [-0.39, 0.29) is 35.0 Å². The molecule has 0 bridgehead atoms. The average Bonchev–Trinajstić information content (AvgIpc) is 2.97.